The Balaban J connectivity index is 1.60. The molecule has 1 aromatic rings. The van der Waals surface area contributed by atoms with Crippen LogP contribution in [0.3, 0.4) is 0 Å². The summed E-state index contributed by atoms with van der Waals surface area (Å²) < 4.78 is 17.2. The van der Waals surface area contributed by atoms with E-state index in [-0.39, 0.29) is 0 Å². The zero-order chi connectivity index (χ0) is 14.0. The first-order valence-corrected chi connectivity index (χ1v) is 7.51. The molecule has 0 radical (unpaired) electrons. The maximum atomic E-state index is 5.80. The molecule has 2 fully saturated rings. The first-order chi connectivity index (χ1) is 9.69. The van der Waals surface area contributed by atoms with Gasteiger partial charge in [-0.1, -0.05) is 6.92 Å². The van der Waals surface area contributed by atoms with Crippen LogP contribution in [-0.4, -0.2) is 47.2 Å². The predicted octanol–water partition coefficient (Wildman–Crippen LogP) is 1.61. The number of aromatic nitrogens is 2. The van der Waals surface area contributed by atoms with Crippen LogP contribution in [0.25, 0.3) is 0 Å². The van der Waals surface area contributed by atoms with Crippen molar-refractivity contribution in [2.45, 2.75) is 45.4 Å². The van der Waals surface area contributed by atoms with Gasteiger partial charge in [0.15, 0.2) is 5.79 Å². The summed E-state index contributed by atoms with van der Waals surface area (Å²) in [6.45, 7) is 8.24. The zero-order valence-electron chi connectivity index (χ0n) is 12.3. The molecule has 0 saturated carbocycles. The maximum Gasteiger partial charge on any atom is 0.230 e. The van der Waals surface area contributed by atoms with Gasteiger partial charge in [-0.15, -0.1) is 10.2 Å². The van der Waals surface area contributed by atoms with Gasteiger partial charge in [0, 0.05) is 18.9 Å². The molecule has 112 valence electrons. The second-order valence-electron chi connectivity index (χ2n) is 5.73. The molecule has 0 amide bonds. The van der Waals surface area contributed by atoms with E-state index in [1.165, 1.54) is 0 Å². The minimum atomic E-state index is -0.415. The number of nitrogens with zero attached hydrogens (tertiary/aromatic N) is 3. The predicted molar refractivity (Wildman–Crippen MR) is 72.0 cm³/mol. The first kappa shape index (κ1) is 14.0. The molecule has 0 bridgehead atoms. The van der Waals surface area contributed by atoms with E-state index in [1.807, 2.05) is 6.92 Å². The largest absolute Gasteiger partial charge is 0.424 e. The van der Waals surface area contributed by atoms with Gasteiger partial charge in [-0.25, -0.2) is 0 Å². The van der Waals surface area contributed by atoms with Gasteiger partial charge < -0.3 is 13.9 Å². The highest BCUT2D eigenvalue weighted by Crippen LogP contribution is 2.34. The van der Waals surface area contributed by atoms with Crippen LogP contribution in [0.2, 0.25) is 0 Å². The lowest BCUT2D eigenvalue weighted by Crippen LogP contribution is -2.46. The number of aryl methyl sites for hydroxylation is 1. The Bertz CT molecular complexity index is 443. The Morgan fingerprint density at radius 1 is 1.25 bits per heavy atom. The number of hydrogen-bond donors (Lipinski definition) is 0. The van der Waals surface area contributed by atoms with Crippen LogP contribution >= 0.6 is 0 Å². The molecule has 0 aromatic carbocycles. The third kappa shape index (κ3) is 2.87. The Labute approximate surface area is 119 Å². The quantitative estimate of drug-likeness (QED) is 0.835. The van der Waals surface area contributed by atoms with Crippen molar-refractivity contribution in [2.75, 3.05) is 26.3 Å². The average molecular weight is 281 g/mol. The summed E-state index contributed by atoms with van der Waals surface area (Å²) in [5, 5.41) is 8.12. The lowest BCUT2D eigenvalue weighted by molar-refractivity contribution is -0.192. The molecule has 3 heterocycles. The van der Waals surface area contributed by atoms with E-state index in [0.29, 0.717) is 30.9 Å². The first-order valence-electron chi connectivity index (χ1n) is 7.51. The Hall–Kier alpha value is -0.980. The van der Waals surface area contributed by atoms with Crippen LogP contribution < -0.4 is 0 Å². The smallest absolute Gasteiger partial charge is 0.230 e. The van der Waals surface area contributed by atoms with Crippen molar-refractivity contribution in [3.05, 3.63) is 11.8 Å². The molecule has 0 spiro atoms. The van der Waals surface area contributed by atoms with E-state index in [4.69, 9.17) is 13.9 Å². The SMILES string of the molecule is CCc1nnc(CN2CCCC(C3(C)OCCO3)C2)o1. The maximum absolute atomic E-state index is 5.80. The number of piperidine rings is 1. The molecule has 0 N–H and O–H groups in total. The summed E-state index contributed by atoms with van der Waals surface area (Å²) in [6, 6.07) is 0. The average Bonchev–Trinajstić information content (AvgIpc) is 3.09. The standard InChI is InChI=1S/C14H23N3O3/c1-3-12-15-16-13(20-12)10-17-6-4-5-11(9-17)14(2)18-7-8-19-14/h11H,3-10H2,1-2H3. The molecule has 1 atom stereocenters. The van der Waals surface area contributed by atoms with Gasteiger partial charge >= 0.3 is 0 Å². The van der Waals surface area contributed by atoms with E-state index in [9.17, 15) is 0 Å². The van der Waals surface area contributed by atoms with Crippen molar-refractivity contribution >= 4 is 0 Å². The number of rotatable bonds is 4. The van der Waals surface area contributed by atoms with Crippen LogP contribution in [0.4, 0.5) is 0 Å². The van der Waals surface area contributed by atoms with Gasteiger partial charge in [0.1, 0.15) is 0 Å². The third-order valence-electron chi connectivity index (χ3n) is 4.28. The van der Waals surface area contributed by atoms with Gasteiger partial charge in [-0.3, -0.25) is 4.90 Å². The van der Waals surface area contributed by atoms with Crippen molar-refractivity contribution in [2.24, 2.45) is 5.92 Å². The summed E-state index contributed by atoms with van der Waals surface area (Å²) in [7, 11) is 0. The van der Waals surface area contributed by atoms with Crippen molar-refractivity contribution in [1.29, 1.82) is 0 Å². The normalized spacial score (nSPS) is 27.0. The van der Waals surface area contributed by atoms with Crippen molar-refractivity contribution in [3.63, 3.8) is 0 Å². The highest BCUT2D eigenvalue weighted by atomic mass is 16.7. The monoisotopic (exact) mass is 281 g/mol. The molecule has 6 nitrogen and oxygen atoms in total. The lowest BCUT2D eigenvalue weighted by atomic mass is 9.90. The van der Waals surface area contributed by atoms with Crippen LogP contribution in [0.1, 0.15) is 38.5 Å². The summed E-state index contributed by atoms with van der Waals surface area (Å²) in [5.41, 5.74) is 0. The second-order valence-corrected chi connectivity index (χ2v) is 5.73. The van der Waals surface area contributed by atoms with Gasteiger partial charge in [-0.05, 0) is 26.3 Å². The minimum absolute atomic E-state index is 0.410. The molecule has 3 rings (SSSR count). The fourth-order valence-electron chi connectivity index (χ4n) is 3.08. The molecule has 1 aromatic heterocycles. The molecule has 2 aliphatic heterocycles. The van der Waals surface area contributed by atoms with E-state index in [1.54, 1.807) is 0 Å². The van der Waals surface area contributed by atoms with E-state index >= 15 is 0 Å². The van der Waals surface area contributed by atoms with Crippen LogP contribution in [0.15, 0.2) is 4.42 Å². The summed E-state index contributed by atoms with van der Waals surface area (Å²) in [4.78, 5) is 2.36. The van der Waals surface area contributed by atoms with Gasteiger partial charge in [0.2, 0.25) is 11.8 Å². The van der Waals surface area contributed by atoms with Crippen molar-refractivity contribution < 1.29 is 13.9 Å². The fraction of sp³-hybridized carbons (Fsp3) is 0.857. The van der Waals surface area contributed by atoms with Crippen LogP contribution in [0, 0.1) is 5.92 Å². The Kier molecular flexibility index (Phi) is 4.05. The van der Waals surface area contributed by atoms with E-state index in [0.717, 1.165) is 38.9 Å². The summed E-state index contributed by atoms with van der Waals surface area (Å²) in [6.07, 6.45) is 3.09. The van der Waals surface area contributed by atoms with Crippen molar-refractivity contribution in [1.82, 2.24) is 15.1 Å². The summed E-state index contributed by atoms with van der Waals surface area (Å²) >= 11 is 0. The second kappa shape index (κ2) is 5.79. The molecule has 20 heavy (non-hydrogen) atoms. The lowest BCUT2D eigenvalue weighted by Gasteiger charge is -2.39. The minimum Gasteiger partial charge on any atom is -0.424 e. The number of hydrogen-bond acceptors (Lipinski definition) is 6. The van der Waals surface area contributed by atoms with Gasteiger partial charge in [0.05, 0.1) is 19.8 Å². The summed E-state index contributed by atoms with van der Waals surface area (Å²) in [5.74, 6) is 1.42. The number of ether oxygens (including phenoxy) is 2. The van der Waals surface area contributed by atoms with Gasteiger partial charge in [0.25, 0.3) is 0 Å². The molecule has 0 aliphatic carbocycles. The van der Waals surface area contributed by atoms with Crippen LogP contribution in [0.5, 0.6) is 0 Å². The van der Waals surface area contributed by atoms with Crippen LogP contribution in [-0.2, 0) is 22.4 Å². The van der Waals surface area contributed by atoms with Crippen molar-refractivity contribution in [3.8, 4) is 0 Å². The molecular formula is C14H23N3O3. The van der Waals surface area contributed by atoms with E-state index < -0.39 is 5.79 Å². The fourth-order valence-corrected chi connectivity index (χ4v) is 3.08. The highest BCUT2D eigenvalue weighted by Gasteiger charge is 2.41. The zero-order valence-corrected chi connectivity index (χ0v) is 12.3. The Morgan fingerprint density at radius 2 is 2.00 bits per heavy atom. The van der Waals surface area contributed by atoms with Gasteiger partial charge in [-0.2, -0.15) is 0 Å². The molecule has 6 heteroatoms. The number of likely N-dealkylation sites (tertiary alicyclic amines) is 1. The Morgan fingerprint density at radius 3 is 2.70 bits per heavy atom. The van der Waals surface area contributed by atoms with E-state index in [2.05, 4.69) is 22.0 Å². The molecule has 1 unspecified atom stereocenters. The highest BCUT2D eigenvalue weighted by molar-refractivity contribution is 4.87. The third-order valence-corrected chi connectivity index (χ3v) is 4.28. The topological polar surface area (TPSA) is 60.6 Å². The molecule has 2 saturated heterocycles. The molecular weight excluding hydrogens is 258 g/mol. The molecule has 2 aliphatic rings.